The number of rotatable bonds is 6. The molecule has 0 aliphatic heterocycles. The van der Waals surface area contributed by atoms with Crippen LogP contribution in [0.1, 0.15) is 12.1 Å². The van der Waals surface area contributed by atoms with Gasteiger partial charge in [-0.1, -0.05) is 18.2 Å². The lowest BCUT2D eigenvalue weighted by atomic mass is 10.1. The maximum atomic E-state index is 13.5. The van der Waals surface area contributed by atoms with Crippen molar-refractivity contribution in [3.63, 3.8) is 0 Å². The summed E-state index contributed by atoms with van der Waals surface area (Å²) in [5.41, 5.74) is 2.27. The topological polar surface area (TPSA) is 43.2 Å². The highest BCUT2D eigenvalue weighted by molar-refractivity contribution is 5.63. The molecule has 1 aromatic heterocycles. The van der Waals surface area contributed by atoms with Gasteiger partial charge in [-0.2, -0.15) is 13.5 Å². The number of alkyl halides is 2. The Morgan fingerprint density at radius 3 is 2.42 bits per heavy atom. The number of aromatic nitrogens is 3. The average Bonchev–Trinajstić information content (AvgIpc) is 3.07. The fraction of sp³-hybridized carbons (Fsp3) is 0.263. The van der Waals surface area contributed by atoms with E-state index in [1.54, 1.807) is 37.4 Å². The molecule has 0 aliphatic carbocycles. The van der Waals surface area contributed by atoms with Gasteiger partial charge in [-0.15, -0.1) is 5.10 Å². The zero-order chi connectivity index (χ0) is 18.7. The number of hydrogen-bond donors (Lipinski definition) is 0. The molecule has 0 atom stereocenters. The molecule has 2 aromatic carbocycles. The van der Waals surface area contributed by atoms with Crippen LogP contribution < -0.4 is 4.74 Å². The van der Waals surface area contributed by atoms with Crippen LogP contribution in [-0.2, 0) is 6.54 Å². The molecule has 5 nitrogen and oxygen atoms in total. The third-order valence-electron chi connectivity index (χ3n) is 3.85. The summed E-state index contributed by atoms with van der Waals surface area (Å²) in [5.74, 6) is 1.08. The third-order valence-corrected chi connectivity index (χ3v) is 3.85. The molecular formula is C19H20F2N4O. The van der Waals surface area contributed by atoms with Crippen molar-refractivity contribution in [3.05, 3.63) is 54.1 Å². The van der Waals surface area contributed by atoms with Crippen molar-refractivity contribution in [1.29, 1.82) is 0 Å². The second kappa shape index (κ2) is 7.61. The van der Waals surface area contributed by atoms with Crippen LogP contribution in [0.5, 0.6) is 5.75 Å². The Morgan fingerprint density at radius 2 is 1.81 bits per heavy atom. The summed E-state index contributed by atoms with van der Waals surface area (Å²) in [4.78, 5) is 6.38. The molecule has 3 aromatic rings. The van der Waals surface area contributed by atoms with Crippen molar-refractivity contribution >= 4 is 0 Å². The normalized spacial score (nSPS) is 11.3. The summed E-state index contributed by atoms with van der Waals surface area (Å²) in [6, 6.07) is 14.4. The van der Waals surface area contributed by atoms with E-state index >= 15 is 0 Å². The van der Waals surface area contributed by atoms with Crippen LogP contribution in [0.25, 0.3) is 22.8 Å². The summed E-state index contributed by atoms with van der Waals surface area (Å²) in [6.45, 7) is -2.07. The molecule has 3 rings (SSSR count). The molecule has 7 heteroatoms. The minimum absolute atomic E-state index is 0.145. The van der Waals surface area contributed by atoms with Crippen LogP contribution in [0.4, 0.5) is 8.78 Å². The van der Waals surface area contributed by atoms with E-state index in [0.29, 0.717) is 28.1 Å². The number of hydrogen-bond acceptors (Lipinski definition) is 4. The highest BCUT2D eigenvalue weighted by Gasteiger charge is 2.19. The van der Waals surface area contributed by atoms with Crippen molar-refractivity contribution < 1.29 is 13.5 Å². The summed E-state index contributed by atoms with van der Waals surface area (Å²) in [5, 5.41) is 4.01. The van der Waals surface area contributed by atoms with Gasteiger partial charge in [0.1, 0.15) is 5.75 Å². The largest absolute Gasteiger partial charge is 0.497 e. The first-order chi connectivity index (χ1) is 12.5. The van der Waals surface area contributed by atoms with Gasteiger partial charge in [0.15, 0.2) is 11.6 Å². The van der Waals surface area contributed by atoms with E-state index in [1.165, 1.54) is 0 Å². The molecule has 26 heavy (non-hydrogen) atoms. The van der Waals surface area contributed by atoms with Gasteiger partial charge in [-0.05, 0) is 50.0 Å². The second-order valence-electron chi connectivity index (χ2n) is 6.15. The van der Waals surface area contributed by atoms with E-state index in [2.05, 4.69) is 10.1 Å². The van der Waals surface area contributed by atoms with Crippen LogP contribution in [0.3, 0.4) is 0 Å². The van der Waals surface area contributed by atoms with Crippen LogP contribution >= 0.6 is 0 Å². The number of halogens is 2. The second-order valence-corrected chi connectivity index (χ2v) is 6.15. The third kappa shape index (κ3) is 3.88. The fourth-order valence-electron chi connectivity index (χ4n) is 2.69. The zero-order valence-electron chi connectivity index (χ0n) is 14.9. The van der Waals surface area contributed by atoms with Gasteiger partial charge in [0.2, 0.25) is 0 Å². The quantitative estimate of drug-likeness (QED) is 0.666. The maximum Gasteiger partial charge on any atom is 0.335 e. The Hall–Kier alpha value is -2.80. The molecule has 0 radical (unpaired) electrons. The maximum absolute atomic E-state index is 13.5. The summed E-state index contributed by atoms with van der Waals surface area (Å²) >= 11 is 0. The molecule has 136 valence electrons. The van der Waals surface area contributed by atoms with Gasteiger partial charge < -0.3 is 9.64 Å². The Labute approximate surface area is 150 Å². The first-order valence-electron chi connectivity index (χ1n) is 8.11. The van der Waals surface area contributed by atoms with Crippen LogP contribution in [0.15, 0.2) is 48.5 Å². The number of ether oxygens (including phenoxy) is 1. The summed E-state index contributed by atoms with van der Waals surface area (Å²) < 4.78 is 32.8. The molecule has 0 aliphatic rings. The van der Waals surface area contributed by atoms with Crippen molar-refractivity contribution in [2.75, 3.05) is 21.2 Å². The molecular weight excluding hydrogens is 338 g/mol. The first kappa shape index (κ1) is 18.0. The predicted octanol–water partition coefficient (Wildman–Crippen LogP) is 4.08. The van der Waals surface area contributed by atoms with E-state index in [-0.39, 0.29) is 11.6 Å². The Balaban J connectivity index is 2.02. The van der Waals surface area contributed by atoms with E-state index in [4.69, 9.17) is 4.74 Å². The van der Waals surface area contributed by atoms with Crippen LogP contribution in [0.2, 0.25) is 0 Å². The van der Waals surface area contributed by atoms with E-state index in [1.807, 2.05) is 37.2 Å². The molecule has 0 N–H and O–H groups in total. The highest BCUT2D eigenvalue weighted by atomic mass is 19.3. The minimum atomic E-state index is -2.78. The van der Waals surface area contributed by atoms with E-state index in [0.717, 1.165) is 5.56 Å². The number of benzene rings is 2. The van der Waals surface area contributed by atoms with Crippen molar-refractivity contribution in [2.45, 2.75) is 13.1 Å². The first-order valence-corrected chi connectivity index (χ1v) is 8.11. The zero-order valence-corrected chi connectivity index (χ0v) is 14.9. The highest BCUT2D eigenvalue weighted by Crippen LogP contribution is 2.27. The summed E-state index contributed by atoms with van der Waals surface area (Å²) in [7, 11) is 5.48. The van der Waals surface area contributed by atoms with Crippen molar-refractivity contribution in [2.24, 2.45) is 0 Å². The lowest BCUT2D eigenvalue weighted by molar-refractivity contribution is 0.0584. The van der Waals surface area contributed by atoms with Gasteiger partial charge in [0.25, 0.3) is 0 Å². The van der Waals surface area contributed by atoms with Gasteiger partial charge in [-0.3, -0.25) is 0 Å². The standard InChI is InChI=1S/C19H20F2N4O/c1-24(2)12-13-5-4-6-15(11-13)18-22-17(23-25(18)19(20)21)14-7-9-16(26-3)10-8-14/h4-11,19H,12H2,1-3H3. The molecule has 0 saturated heterocycles. The monoisotopic (exact) mass is 358 g/mol. The van der Waals surface area contributed by atoms with E-state index in [9.17, 15) is 8.78 Å². The fourth-order valence-corrected chi connectivity index (χ4v) is 2.69. The molecule has 0 bridgehead atoms. The van der Waals surface area contributed by atoms with Gasteiger partial charge in [-0.25, -0.2) is 4.98 Å². The Kier molecular flexibility index (Phi) is 5.27. The van der Waals surface area contributed by atoms with Gasteiger partial charge in [0, 0.05) is 17.7 Å². The molecule has 0 unspecified atom stereocenters. The molecule has 0 saturated carbocycles. The van der Waals surface area contributed by atoms with Gasteiger partial charge in [0.05, 0.1) is 7.11 Å². The Morgan fingerprint density at radius 1 is 1.08 bits per heavy atom. The molecule has 0 spiro atoms. The number of methoxy groups -OCH3 is 1. The van der Waals surface area contributed by atoms with Crippen molar-refractivity contribution in [3.8, 4) is 28.5 Å². The van der Waals surface area contributed by atoms with Crippen LogP contribution in [-0.4, -0.2) is 40.9 Å². The molecule has 0 fully saturated rings. The van der Waals surface area contributed by atoms with Crippen molar-refractivity contribution in [1.82, 2.24) is 19.7 Å². The summed E-state index contributed by atoms with van der Waals surface area (Å²) in [6.07, 6.45) is 0. The lowest BCUT2D eigenvalue weighted by Crippen LogP contribution is -2.10. The number of nitrogens with zero attached hydrogens (tertiary/aromatic N) is 4. The SMILES string of the molecule is COc1ccc(-c2nc(-c3cccc(CN(C)C)c3)n(C(F)F)n2)cc1. The molecule has 0 amide bonds. The van der Waals surface area contributed by atoms with E-state index < -0.39 is 6.55 Å². The lowest BCUT2D eigenvalue weighted by Gasteiger charge is -2.11. The van der Waals surface area contributed by atoms with Crippen LogP contribution in [0, 0.1) is 0 Å². The minimum Gasteiger partial charge on any atom is -0.497 e. The predicted molar refractivity (Wildman–Crippen MR) is 96.1 cm³/mol. The molecule has 1 heterocycles. The smallest absolute Gasteiger partial charge is 0.335 e. The van der Waals surface area contributed by atoms with Gasteiger partial charge >= 0.3 is 6.55 Å². The average molecular weight is 358 g/mol. The Bertz CT molecular complexity index is 876.